The van der Waals surface area contributed by atoms with Gasteiger partial charge < -0.3 is 15.4 Å². The Bertz CT molecular complexity index is 619. The fourth-order valence-electron chi connectivity index (χ4n) is 1.76. The molecule has 1 amide bonds. The lowest BCUT2D eigenvalue weighted by Gasteiger charge is -2.09. The van der Waals surface area contributed by atoms with E-state index in [1.165, 1.54) is 4.90 Å². The first-order valence-electron chi connectivity index (χ1n) is 6.33. The summed E-state index contributed by atoms with van der Waals surface area (Å²) in [6.07, 6.45) is 1.73. The summed E-state index contributed by atoms with van der Waals surface area (Å²) in [5.74, 6) is 0.477. The van der Waals surface area contributed by atoms with Gasteiger partial charge in [0.15, 0.2) is 5.69 Å². The predicted molar refractivity (Wildman–Crippen MR) is 77.2 cm³/mol. The molecule has 0 bridgehead atoms. The molecule has 0 aliphatic heterocycles. The van der Waals surface area contributed by atoms with Crippen LogP contribution in [-0.2, 0) is 0 Å². The van der Waals surface area contributed by atoms with Gasteiger partial charge in [0.2, 0.25) is 0 Å². The lowest BCUT2D eigenvalue weighted by atomic mass is 10.2. The molecule has 1 heterocycles. The second kappa shape index (κ2) is 5.64. The van der Waals surface area contributed by atoms with Crippen molar-refractivity contribution < 1.29 is 9.53 Å². The molecule has 1 aromatic carbocycles. The lowest BCUT2D eigenvalue weighted by molar-refractivity contribution is 0.0821. The van der Waals surface area contributed by atoms with Crippen LogP contribution in [0.25, 0.3) is 5.69 Å². The number of nitrogens with two attached hydrogens (primary N) is 1. The molecule has 2 N–H and O–H groups in total. The van der Waals surface area contributed by atoms with Crippen LogP contribution in [0.3, 0.4) is 0 Å². The number of carbonyl (C=O) groups is 1. The molecule has 106 valence electrons. The standard InChI is InChI=1S/C14H18N4O2/c1-4-20-13-9-10(5-6-11(13)15)18-8-7-12(16-18)14(19)17(2)3/h5-9H,4,15H2,1-3H3. The maximum atomic E-state index is 11.8. The number of hydrogen-bond donors (Lipinski definition) is 1. The Morgan fingerprint density at radius 3 is 2.80 bits per heavy atom. The second-order valence-electron chi connectivity index (χ2n) is 4.50. The number of rotatable bonds is 4. The largest absolute Gasteiger partial charge is 0.492 e. The minimum absolute atomic E-state index is 0.135. The topological polar surface area (TPSA) is 73.4 Å². The van der Waals surface area contributed by atoms with Crippen LogP contribution < -0.4 is 10.5 Å². The van der Waals surface area contributed by atoms with Crippen LogP contribution in [0.15, 0.2) is 30.5 Å². The molecular weight excluding hydrogens is 256 g/mol. The fourth-order valence-corrected chi connectivity index (χ4v) is 1.76. The van der Waals surface area contributed by atoms with Gasteiger partial charge in [0.25, 0.3) is 5.91 Å². The van der Waals surface area contributed by atoms with E-state index >= 15 is 0 Å². The zero-order valence-electron chi connectivity index (χ0n) is 11.8. The number of anilines is 1. The molecule has 0 spiro atoms. The quantitative estimate of drug-likeness (QED) is 0.859. The molecule has 6 heteroatoms. The van der Waals surface area contributed by atoms with Gasteiger partial charge in [0.05, 0.1) is 18.0 Å². The molecule has 6 nitrogen and oxygen atoms in total. The van der Waals surface area contributed by atoms with E-state index in [0.29, 0.717) is 23.7 Å². The Morgan fingerprint density at radius 2 is 2.15 bits per heavy atom. The van der Waals surface area contributed by atoms with Crippen molar-refractivity contribution in [1.82, 2.24) is 14.7 Å². The maximum absolute atomic E-state index is 11.8. The third kappa shape index (κ3) is 2.74. The van der Waals surface area contributed by atoms with Gasteiger partial charge in [-0.25, -0.2) is 4.68 Å². The third-order valence-corrected chi connectivity index (χ3v) is 2.78. The van der Waals surface area contributed by atoms with Crippen molar-refractivity contribution in [2.75, 3.05) is 26.4 Å². The first-order valence-corrected chi connectivity index (χ1v) is 6.33. The van der Waals surface area contributed by atoms with E-state index in [4.69, 9.17) is 10.5 Å². The summed E-state index contributed by atoms with van der Waals surface area (Å²) in [5, 5.41) is 4.26. The summed E-state index contributed by atoms with van der Waals surface area (Å²) in [6.45, 7) is 2.44. The van der Waals surface area contributed by atoms with Gasteiger partial charge >= 0.3 is 0 Å². The Morgan fingerprint density at radius 1 is 1.40 bits per heavy atom. The molecule has 0 radical (unpaired) electrons. The van der Waals surface area contributed by atoms with E-state index in [9.17, 15) is 4.79 Å². The molecule has 20 heavy (non-hydrogen) atoms. The zero-order valence-corrected chi connectivity index (χ0v) is 11.8. The van der Waals surface area contributed by atoms with Gasteiger partial charge in [0, 0.05) is 26.4 Å². The molecule has 1 aromatic heterocycles. The molecule has 0 aliphatic rings. The monoisotopic (exact) mass is 274 g/mol. The van der Waals surface area contributed by atoms with Gasteiger partial charge in [-0.3, -0.25) is 4.79 Å². The van der Waals surface area contributed by atoms with Crippen molar-refractivity contribution in [1.29, 1.82) is 0 Å². The number of carbonyl (C=O) groups excluding carboxylic acids is 1. The highest BCUT2D eigenvalue weighted by atomic mass is 16.5. The molecular formula is C14H18N4O2. The fraction of sp³-hybridized carbons (Fsp3) is 0.286. The summed E-state index contributed by atoms with van der Waals surface area (Å²) < 4.78 is 7.07. The second-order valence-corrected chi connectivity index (χ2v) is 4.50. The highest BCUT2D eigenvalue weighted by Gasteiger charge is 2.12. The summed E-state index contributed by atoms with van der Waals surface area (Å²) in [7, 11) is 3.38. The smallest absolute Gasteiger partial charge is 0.273 e. The Kier molecular flexibility index (Phi) is 3.93. The van der Waals surface area contributed by atoms with E-state index < -0.39 is 0 Å². The number of amides is 1. The van der Waals surface area contributed by atoms with E-state index in [2.05, 4.69) is 5.10 Å². The molecule has 2 rings (SSSR count). The summed E-state index contributed by atoms with van der Waals surface area (Å²) in [4.78, 5) is 13.3. The molecule has 2 aromatic rings. The van der Waals surface area contributed by atoms with Gasteiger partial charge in [-0.15, -0.1) is 0 Å². The number of benzene rings is 1. The van der Waals surface area contributed by atoms with Crippen LogP contribution >= 0.6 is 0 Å². The maximum Gasteiger partial charge on any atom is 0.273 e. The number of nitrogens with zero attached hydrogens (tertiary/aromatic N) is 3. The number of hydrogen-bond acceptors (Lipinski definition) is 4. The van der Waals surface area contributed by atoms with Crippen molar-refractivity contribution in [2.45, 2.75) is 6.92 Å². The number of ether oxygens (including phenoxy) is 1. The van der Waals surface area contributed by atoms with Crippen molar-refractivity contribution in [3.63, 3.8) is 0 Å². The van der Waals surface area contributed by atoms with Crippen molar-refractivity contribution >= 4 is 11.6 Å². The Balaban J connectivity index is 2.32. The Hall–Kier alpha value is -2.50. The van der Waals surface area contributed by atoms with Crippen LogP contribution in [-0.4, -0.2) is 41.3 Å². The highest BCUT2D eigenvalue weighted by Crippen LogP contribution is 2.24. The number of aromatic nitrogens is 2. The minimum Gasteiger partial charge on any atom is -0.492 e. The Labute approximate surface area is 117 Å². The van der Waals surface area contributed by atoms with E-state index in [1.54, 1.807) is 43.2 Å². The van der Waals surface area contributed by atoms with Gasteiger partial charge in [-0.1, -0.05) is 0 Å². The molecule has 0 unspecified atom stereocenters. The van der Waals surface area contributed by atoms with Crippen molar-refractivity contribution in [3.8, 4) is 11.4 Å². The van der Waals surface area contributed by atoms with Crippen LogP contribution in [0.2, 0.25) is 0 Å². The highest BCUT2D eigenvalue weighted by molar-refractivity contribution is 5.91. The summed E-state index contributed by atoms with van der Waals surface area (Å²) in [5.41, 5.74) is 7.59. The van der Waals surface area contributed by atoms with Crippen LogP contribution in [0.1, 0.15) is 17.4 Å². The van der Waals surface area contributed by atoms with Crippen molar-refractivity contribution in [3.05, 3.63) is 36.2 Å². The van der Waals surface area contributed by atoms with E-state index in [0.717, 1.165) is 5.69 Å². The predicted octanol–water partition coefficient (Wildman–Crippen LogP) is 1.55. The van der Waals surface area contributed by atoms with Gasteiger partial charge in [-0.05, 0) is 25.1 Å². The summed E-state index contributed by atoms with van der Waals surface area (Å²) in [6, 6.07) is 7.07. The zero-order chi connectivity index (χ0) is 14.7. The normalized spacial score (nSPS) is 10.3. The SMILES string of the molecule is CCOc1cc(-n2ccc(C(=O)N(C)C)n2)ccc1N. The van der Waals surface area contributed by atoms with Gasteiger partial charge in [-0.2, -0.15) is 5.10 Å². The first kappa shape index (κ1) is 13.9. The average Bonchev–Trinajstić information content (AvgIpc) is 2.90. The molecule has 0 aliphatic carbocycles. The summed E-state index contributed by atoms with van der Waals surface area (Å²) >= 11 is 0. The first-order chi connectivity index (χ1) is 9.52. The third-order valence-electron chi connectivity index (χ3n) is 2.78. The van der Waals surface area contributed by atoms with Crippen LogP contribution in [0.4, 0.5) is 5.69 Å². The molecule has 0 fully saturated rings. The molecule has 0 saturated carbocycles. The van der Waals surface area contributed by atoms with E-state index in [-0.39, 0.29) is 5.91 Å². The van der Waals surface area contributed by atoms with Crippen LogP contribution in [0, 0.1) is 0 Å². The van der Waals surface area contributed by atoms with Crippen molar-refractivity contribution in [2.24, 2.45) is 0 Å². The minimum atomic E-state index is -0.135. The van der Waals surface area contributed by atoms with Gasteiger partial charge in [0.1, 0.15) is 5.75 Å². The lowest BCUT2D eigenvalue weighted by Crippen LogP contribution is -2.22. The number of nitrogen functional groups attached to an aromatic ring is 1. The molecule has 0 saturated heterocycles. The molecule has 0 atom stereocenters. The average molecular weight is 274 g/mol. The van der Waals surface area contributed by atoms with E-state index in [1.807, 2.05) is 13.0 Å². The van der Waals surface area contributed by atoms with Crippen LogP contribution in [0.5, 0.6) is 5.75 Å².